The molecule has 0 N–H and O–H groups in total. The summed E-state index contributed by atoms with van der Waals surface area (Å²) < 4.78 is 11.1. The van der Waals surface area contributed by atoms with Crippen LogP contribution in [0.1, 0.15) is 34.8 Å². The Kier molecular flexibility index (Phi) is 5.02. The average molecular weight is 351 g/mol. The van der Waals surface area contributed by atoms with Gasteiger partial charge in [-0.25, -0.2) is 4.79 Å². The molecule has 0 spiro atoms. The second-order valence-electron chi connectivity index (χ2n) is 6.30. The number of benzene rings is 2. The fourth-order valence-electron chi connectivity index (χ4n) is 2.39. The normalized spacial score (nSPS) is 11.8. The Bertz CT molecular complexity index is 883. The molecule has 26 heavy (non-hydrogen) atoms. The van der Waals surface area contributed by atoms with Crippen molar-refractivity contribution in [2.45, 2.75) is 20.0 Å². The molecule has 134 valence electrons. The zero-order chi connectivity index (χ0) is 18.7. The van der Waals surface area contributed by atoms with E-state index in [1.165, 1.54) is 0 Å². The SMILES string of the molecule is Cc1ccc(-c2nnc([C@@H](C)OC(=O)c3ccc(N(C)C)cc3)o2)cc1. The molecule has 1 aromatic heterocycles. The van der Waals surface area contributed by atoms with E-state index < -0.39 is 12.1 Å². The molecule has 0 amide bonds. The molecule has 0 unspecified atom stereocenters. The molecule has 2 aromatic carbocycles. The molecule has 0 saturated heterocycles. The number of hydrogen-bond acceptors (Lipinski definition) is 6. The molecule has 0 aliphatic heterocycles. The van der Waals surface area contributed by atoms with Crippen molar-refractivity contribution in [3.63, 3.8) is 0 Å². The first-order valence-corrected chi connectivity index (χ1v) is 8.33. The lowest BCUT2D eigenvalue weighted by Crippen LogP contribution is -2.11. The summed E-state index contributed by atoms with van der Waals surface area (Å²) in [5.41, 5.74) is 3.46. The summed E-state index contributed by atoms with van der Waals surface area (Å²) in [6.45, 7) is 3.72. The first-order chi connectivity index (χ1) is 12.4. The van der Waals surface area contributed by atoms with E-state index in [0.717, 1.165) is 16.8 Å². The van der Waals surface area contributed by atoms with E-state index in [1.807, 2.05) is 62.3 Å². The number of rotatable bonds is 5. The minimum absolute atomic E-state index is 0.263. The van der Waals surface area contributed by atoms with Crippen LogP contribution in [0.4, 0.5) is 5.69 Å². The van der Waals surface area contributed by atoms with Crippen molar-refractivity contribution in [3.8, 4) is 11.5 Å². The standard InChI is InChI=1S/C20H21N3O3/c1-13-5-7-15(8-6-13)19-22-21-18(26-19)14(2)25-20(24)16-9-11-17(12-10-16)23(3)4/h5-12,14H,1-4H3/t14-/m1/s1. The molecule has 1 atom stereocenters. The van der Waals surface area contributed by atoms with Crippen molar-refractivity contribution >= 4 is 11.7 Å². The predicted octanol–water partition coefficient (Wildman–Crippen LogP) is 4.03. The maximum absolute atomic E-state index is 12.3. The minimum Gasteiger partial charge on any atom is -0.449 e. The van der Waals surface area contributed by atoms with Crippen molar-refractivity contribution in [2.24, 2.45) is 0 Å². The Morgan fingerprint density at radius 3 is 2.31 bits per heavy atom. The van der Waals surface area contributed by atoms with Crippen LogP contribution in [-0.4, -0.2) is 30.3 Å². The molecule has 0 radical (unpaired) electrons. The number of nitrogens with zero attached hydrogens (tertiary/aromatic N) is 3. The van der Waals surface area contributed by atoms with Gasteiger partial charge < -0.3 is 14.1 Å². The molecule has 3 rings (SSSR count). The number of aryl methyl sites for hydroxylation is 1. The third-order valence-electron chi connectivity index (χ3n) is 3.99. The fraction of sp³-hybridized carbons (Fsp3) is 0.250. The lowest BCUT2D eigenvalue weighted by molar-refractivity contribution is 0.0280. The Labute approximate surface area is 152 Å². The monoisotopic (exact) mass is 351 g/mol. The smallest absolute Gasteiger partial charge is 0.338 e. The van der Waals surface area contributed by atoms with Gasteiger partial charge in [-0.1, -0.05) is 17.7 Å². The molecule has 0 aliphatic rings. The van der Waals surface area contributed by atoms with Crippen molar-refractivity contribution in [3.05, 3.63) is 65.5 Å². The van der Waals surface area contributed by atoms with Crippen molar-refractivity contribution < 1.29 is 13.9 Å². The Balaban J connectivity index is 1.68. The summed E-state index contributed by atoms with van der Waals surface area (Å²) in [5, 5.41) is 8.03. The zero-order valence-corrected chi connectivity index (χ0v) is 15.3. The van der Waals surface area contributed by atoms with Crippen LogP contribution >= 0.6 is 0 Å². The lowest BCUT2D eigenvalue weighted by Gasteiger charge is -2.13. The molecule has 6 heteroatoms. The van der Waals surface area contributed by atoms with Gasteiger partial charge in [0.2, 0.25) is 5.89 Å². The van der Waals surface area contributed by atoms with E-state index in [-0.39, 0.29) is 5.89 Å². The summed E-state index contributed by atoms with van der Waals surface area (Å²) in [7, 11) is 3.88. The van der Waals surface area contributed by atoms with E-state index in [2.05, 4.69) is 10.2 Å². The molecule has 0 saturated carbocycles. The van der Waals surface area contributed by atoms with Crippen molar-refractivity contribution in [1.29, 1.82) is 0 Å². The maximum Gasteiger partial charge on any atom is 0.338 e. The average Bonchev–Trinajstić information content (AvgIpc) is 3.12. The van der Waals surface area contributed by atoms with Crippen LogP contribution in [-0.2, 0) is 4.74 Å². The first kappa shape index (κ1) is 17.7. The summed E-state index contributed by atoms with van der Waals surface area (Å²) in [6.07, 6.45) is -0.636. The summed E-state index contributed by atoms with van der Waals surface area (Å²) in [6, 6.07) is 15.0. The quantitative estimate of drug-likeness (QED) is 0.647. The summed E-state index contributed by atoms with van der Waals surface area (Å²) in [4.78, 5) is 14.3. The Hall–Kier alpha value is -3.15. The predicted molar refractivity (Wildman–Crippen MR) is 99.1 cm³/mol. The highest BCUT2D eigenvalue weighted by Crippen LogP contribution is 2.23. The van der Waals surface area contributed by atoms with Gasteiger partial charge in [0.1, 0.15) is 0 Å². The van der Waals surface area contributed by atoms with Gasteiger partial charge in [0.15, 0.2) is 6.10 Å². The Morgan fingerprint density at radius 2 is 1.69 bits per heavy atom. The van der Waals surface area contributed by atoms with Crippen LogP contribution in [0.3, 0.4) is 0 Å². The molecule has 6 nitrogen and oxygen atoms in total. The number of anilines is 1. The molecule has 0 aliphatic carbocycles. The molecule has 0 bridgehead atoms. The Morgan fingerprint density at radius 1 is 1.04 bits per heavy atom. The number of hydrogen-bond donors (Lipinski definition) is 0. The number of ether oxygens (including phenoxy) is 1. The van der Waals surface area contributed by atoms with Gasteiger partial charge in [-0.05, 0) is 50.2 Å². The van der Waals surface area contributed by atoms with E-state index in [0.29, 0.717) is 11.5 Å². The number of carbonyl (C=O) groups excluding carboxylic acids is 1. The van der Waals surface area contributed by atoms with E-state index >= 15 is 0 Å². The molecule has 0 fully saturated rings. The van der Waals surface area contributed by atoms with Crippen LogP contribution in [0, 0.1) is 6.92 Å². The second-order valence-corrected chi connectivity index (χ2v) is 6.30. The highest BCUT2D eigenvalue weighted by molar-refractivity contribution is 5.90. The van der Waals surface area contributed by atoms with E-state index in [1.54, 1.807) is 19.1 Å². The maximum atomic E-state index is 12.3. The molecule has 3 aromatic rings. The van der Waals surface area contributed by atoms with Crippen LogP contribution in [0.5, 0.6) is 0 Å². The van der Waals surface area contributed by atoms with E-state index in [4.69, 9.17) is 9.15 Å². The number of esters is 1. The lowest BCUT2D eigenvalue weighted by atomic mass is 10.1. The van der Waals surface area contributed by atoms with Crippen molar-refractivity contribution in [1.82, 2.24) is 10.2 Å². The first-order valence-electron chi connectivity index (χ1n) is 8.33. The van der Waals surface area contributed by atoms with Gasteiger partial charge in [0.05, 0.1) is 5.56 Å². The number of aromatic nitrogens is 2. The highest BCUT2D eigenvalue weighted by atomic mass is 16.6. The summed E-state index contributed by atoms with van der Waals surface area (Å²) >= 11 is 0. The third kappa shape index (κ3) is 3.91. The van der Waals surface area contributed by atoms with Gasteiger partial charge in [0.25, 0.3) is 5.89 Å². The van der Waals surface area contributed by atoms with Crippen LogP contribution in [0.15, 0.2) is 52.9 Å². The fourth-order valence-corrected chi connectivity index (χ4v) is 2.39. The summed E-state index contributed by atoms with van der Waals surface area (Å²) in [5.74, 6) is 0.231. The van der Waals surface area contributed by atoms with Crippen LogP contribution < -0.4 is 4.90 Å². The molecule has 1 heterocycles. The van der Waals surface area contributed by atoms with Gasteiger partial charge in [-0.15, -0.1) is 10.2 Å². The number of carbonyl (C=O) groups is 1. The van der Waals surface area contributed by atoms with Gasteiger partial charge in [0, 0.05) is 25.3 Å². The molecular weight excluding hydrogens is 330 g/mol. The highest BCUT2D eigenvalue weighted by Gasteiger charge is 2.20. The second kappa shape index (κ2) is 7.39. The topological polar surface area (TPSA) is 68.5 Å². The van der Waals surface area contributed by atoms with Gasteiger partial charge in [-0.2, -0.15) is 0 Å². The zero-order valence-electron chi connectivity index (χ0n) is 15.3. The van der Waals surface area contributed by atoms with Crippen LogP contribution in [0.25, 0.3) is 11.5 Å². The largest absolute Gasteiger partial charge is 0.449 e. The van der Waals surface area contributed by atoms with Crippen LogP contribution in [0.2, 0.25) is 0 Å². The van der Waals surface area contributed by atoms with Gasteiger partial charge >= 0.3 is 5.97 Å². The van der Waals surface area contributed by atoms with Crippen molar-refractivity contribution in [2.75, 3.05) is 19.0 Å². The van der Waals surface area contributed by atoms with Gasteiger partial charge in [-0.3, -0.25) is 0 Å². The molecular formula is C20H21N3O3. The third-order valence-corrected chi connectivity index (χ3v) is 3.99. The van der Waals surface area contributed by atoms with E-state index in [9.17, 15) is 4.79 Å². The minimum atomic E-state index is -0.636.